The first-order valence-corrected chi connectivity index (χ1v) is 14.5. The van der Waals surface area contributed by atoms with Gasteiger partial charge in [0.2, 0.25) is 5.95 Å². The molecule has 3 aliphatic rings. The normalized spacial score (nSPS) is 23.7. The number of hydrogen-bond acceptors (Lipinski definition) is 7. The molecule has 5 rings (SSSR count). The van der Waals surface area contributed by atoms with Gasteiger partial charge in [0.1, 0.15) is 11.6 Å². The van der Waals surface area contributed by atoms with E-state index in [1.807, 2.05) is 12.1 Å². The summed E-state index contributed by atoms with van der Waals surface area (Å²) in [7, 11) is 0. The summed E-state index contributed by atoms with van der Waals surface area (Å²) >= 11 is 11.9. The maximum Gasteiger partial charge on any atom is 0.232 e. The molecule has 10 heteroatoms. The molecule has 0 radical (unpaired) electrons. The second-order valence-corrected chi connectivity index (χ2v) is 11.9. The van der Waals surface area contributed by atoms with Gasteiger partial charge in [0.25, 0.3) is 0 Å². The van der Waals surface area contributed by atoms with E-state index in [1.54, 1.807) is 0 Å². The zero-order valence-electron chi connectivity index (χ0n) is 22.4. The summed E-state index contributed by atoms with van der Waals surface area (Å²) < 4.78 is 11.3. The number of hydrogen-bond donors (Lipinski definition) is 2. The van der Waals surface area contributed by atoms with Gasteiger partial charge in [-0.1, -0.05) is 37.6 Å². The van der Waals surface area contributed by atoms with Gasteiger partial charge in [0.05, 0.1) is 13.2 Å². The molecule has 2 N–H and O–H groups in total. The molecule has 206 valence electrons. The number of ether oxygens (including phenoxy) is 2. The standard InChI is InChI=1S/C28H39ClN6O2S/c1-20-15-21(2)18-35(17-20)25-16-24(34-9-13-37-14-10-34)31-26(32-25)33-27(38)30-19-28(7-11-36-12-8-28)22-3-5-23(29)6-4-22/h3-6,16,20-21H,7-15,17-19H2,1-2H3,(H2,30,31,32,33,38)/t20-,21-/m1/s1. The number of thiocarbonyl (C=S) groups is 1. The number of benzene rings is 1. The second kappa shape index (κ2) is 12.3. The lowest BCUT2D eigenvalue weighted by Gasteiger charge is -2.38. The predicted molar refractivity (Wildman–Crippen MR) is 158 cm³/mol. The minimum Gasteiger partial charge on any atom is -0.381 e. The van der Waals surface area contributed by atoms with Crippen LogP contribution in [0.5, 0.6) is 0 Å². The van der Waals surface area contributed by atoms with Crippen molar-refractivity contribution in [1.29, 1.82) is 0 Å². The topological polar surface area (TPSA) is 74.8 Å². The maximum atomic E-state index is 6.17. The average Bonchev–Trinajstić information content (AvgIpc) is 2.92. The van der Waals surface area contributed by atoms with Crippen LogP contribution in [0.2, 0.25) is 5.02 Å². The lowest BCUT2D eigenvalue weighted by molar-refractivity contribution is 0.0515. The summed E-state index contributed by atoms with van der Waals surface area (Å²) in [5.41, 5.74) is 1.18. The van der Waals surface area contributed by atoms with Gasteiger partial charge >= 0.3 is 0 Å². The third kappa shape index (κ3) is 6.68. The summed E-state index contributed by atoms with van der Waals surface area (Å²) in [4.78, 5) is 14.5. The van der Waals surface area contributed by atoms with Crippen molar-refractivity contribution in [3.05, 3.63) is 40.9 Å². The number of anilines is 3. The van der Waals surface area contributed by atoms with Crippen molar-refractivity contribution in [3.63, 3.8) is 0 Å². The minimum absolute atomic E-state index is 0.0731. The van der Waals surface area contributed by atoms with Gasteiger partial charge < -0.3 is 29.9 Å². The van der Waals surface area contributed by atoms with E-state index < -0.39 is 0 Å². The van der Waals surface area contributed by atoms with Gasteiger partial charge in [-0.3, -0.25) is 0 Å². The van der Waals surface area contributed by atoms with Crippen molar-refractivity contribution in [3.8, 4) is 0 Å². The first-order chi connectivity index (χ1) is 18.4. The Morgan fingerprint density at radius 1 is 0.974 bits per heavy atom. The molecule has 0 unspecified atom stereocenters. The van der Waals surface area contributed by atoms with E-state index in [2.05, 4.69) is 52.5 Å². The summed E-state index contributed by atoms with van der Waals surface area (Å²) in [6, 6.07) is 10.3. The van der Waals surface area contributed by atoms with Crippen LogP contribution in [0, 0.1) is 11.8 Å². The Balaban J connectivity index is 1.33. The molecule has 1 aromatic carbocycles. The van der Waals surface area contributed by atoms with Crippen LogP contribution < -0.4 is 20.4 Å². The Morgan fingerprint density at radius 2 is 1.58 bits per heavy atom. The monoisotopic (exact) mass is 558 g/mol. The molecular weight excluding hydrogens is 520 g/mol. The van der Waals surface area contributed by atoms with Crippen molar-refractivity contribution in [2.45, 2.75) is 38.5 Å². The van der Waals surface area contributed by atoms with Crippen LogP contribution in [-0.2, 0) is 14.9 Å². The van der Waals surface area contributed by atoms with Gasteiger partial charge in [-0.15, -0.1) is 0 Å². The highest BCUT2D eigenvalue weighted by molar-refractivity contribution is 7.80. The van der Waals surface area contributed by atoms with Crippen molar-refractivity contribution in [2.24, 2.45) is 11.8 Å². The SMILES string of the molecule is C[C@@H]1C[C@@H](C)CN(c2cc(N3CCOCC3)nc(NC(=S)NCC3(c4ccc(Cl)cc4)CCOCC3)n2)C1. The van der Waals surface area contributed by atoms with Gasteiger partial charge in [-0.05, 0) is 61.0 Å². The molecule has 2 aromatic rings. The molecule has 4 heterocycles. The number of morpholine rings is 1. The lowest BCUT2D eigenvalue weighted by atomic mass is 9.74. The zero-order valence-corrected chi connectivity index (χ0v) is 24.0. The van der Waals surface area contributed by atoms with Crippen LogP contribution in [0.25, 0.3) is 0 Å². The molecule has 0 saturated carbocycles. The molecule has 3 aliphatic heterocycles. The molecule has 3 saturated heterocycles. The smallest absolute Gasteiger partial charge is 0.232 e. The van der Waals surface area contributed by atoms with Gasteiger partial charge in [0.15, 0.2) is 5.11 Å². The van der Waals surface area contributed by atoms with Crippen LogP contribution >= 0.6 is 23.8 Å². The summed E-state index contributed by atoms with van der Waals surface area (Å²) in [5, 5.41) is 8.04. The van der Waals surface area contributed by atoms with E-state index >= 15 is 0 Å². The van der Waals surface area contributed by atoms with Crippen molar-refractivity contribution in [1.82, 2.24) is 15.3 Å². The molecule has 0 bridgehead atoms. The Morgan fingerprint density at radius 3 is 2.24 bits per heavy atom. The van der Waals surface area contributed by atoms with Gasteiger partial charge in [0, 0.05) is 62.4 Å². The molecular formula is C28H39ClN6O2S. The van der Waals surface area contributed by atoms with E-state index in [0.717, 1.165) is 68.9 Å². The number of nitrogens with one attached hydrogen (secondary N) is 2. The third-order valence-electron chi connectivity index (χ3n) is 7.95. The van der Waals surface area contributed by atoms with Crippen molar-refractivity contribution < 1.29 is 9.47 Å². The Hall–Kier alpha value is -2.20. The van der Waals surface area contributed by atoms with Gasteiger partial charge in [-0.2, -0.15) is 9.97 Å². The number of nitrogens with zero attached hydrogens (tertiary/aromatic N) is 4. The van der Waals surface area contributed by atoms with Crippen LogP contribution in [0.1, 0.15) is 38.7 Å². The number of aromatic nitrogens is 2. The number of rotatable bonds is 6. The first-order valence-electron chi connectivity index (χ1n) is 13.8. The number of piperidine rings is 1. The van der Waals surface area contributed by atoms with E-state index in [4.69, 9.17) is 43.3 Å². The molecule has 0 aliphatic carbocycles. The number of halogens is 1. The zero-order chi connectivity index (χ0) is 26.5. The summed E-state index contributed by atoms with van der Waals surface area (Å²) in [5.74, 6) is 3.65. The first kappa shape index (κ1) is 27.4. The molecule has 3 fully saturated rings. The van der Waals surface area contributed by atoms with E-state index in [0.29, 0.717) is 42.7 Å². The second-order valence-electron chi connectivity index (χ2n) is 11.1. The van der Waals surface area contributed by atoms with E-state index in [1.165, 1.54) is 12.0 Å². The fourth-order valence-electron chi connectivity index (χ4n) is 5.97. The Kier molecular flexibility index (Phi) is 8.88. The van der Waals surface area contributed by atoms with Crippen LogP contribution in [0.3, 0.4) is 0 Å². The molecule has 38 heavy (non-hydrogen) atoms. The van der Waals surface area contributed by atoms with Crippen molar-refractivity contribution in [2.75, 3.05) is 74.3 Å². The highest BCUT2D eigenvalue weighted by Crippen LogP contribution is 2.35. The van der Waals surface area contributed by atoms with E-state index in [-0.39, 0.29) is 5.41 Å². The average molecular weight is 559 g/mol. The maximum absolute atomic E-state index is 6.17. The molecule has 0 spiro atoms. The fourth-order valence-corrected chi connectivity index (χ4v) is 6.26. The van der Waals surface area contributed by atoms with Crippen LogP contribution in [0.4, 0.5) is 17.6 Å². The van der Waals surface area contributed by atoms with Gasteiger partial charge in [-0.25, -0.2) is 0 Å². The fraction of sp³-hybridized carbons (Fsp3) is 0.607. The van der Waals surface area contributed by atoms with Crippen LogP contribution in [0.15, 0.2) is 30.3 Å². The molecule has 2 atom stereocenters. The largest absolute Gasteiger partial charge is 0.381 e. The van der Waals surface area contributed by atoms with E-state index in [9.17, 15) is 0 Å². The Bertz CT molecular complexity index is 1080. The molecule has 0 amide bonds. The highest BCUT2D eigenvalue weighted by Gasteiger charge is 2.34. The summed E-state index contributed by atoms with van der Waals surface area (Å²) in [6.45, 7) is 11.8. The predicted octanol–water partition coefficient (Wildman–Crippen LogP) is 4.48. The quantitative estimate of drug-likeness (QED) is 0.499. The third-order valence-corrected chi connectivity index (χ3v) is 8.44. The van der Waals surface area contributed by atoms with Crippen molar-refractivity contribution >= 4 is 46.5 Å². The summed E-state index contributed by atoms with van der Waals surface area (Å²) in [6.07, 6.45) is 3.09. The van der Waals surface area contributed by atoms with Crippen LogP contribution in [-0.4, -0.2) is 74.2 Å². The highest BCUT2D eigenvalue weighted by atomic mass is 35.5. The Labute approximate surface area is 236 Å². The molecule has 1 aromatic heterocycles. The minimum atomic E-state index is -0.0731. The lowest BCUT2D eigenvalue weighted by Crippen LogP contribution is -2.45. The molecule has 8 nitrogen and oxygen atoms in total.